The molecule has 0 spiro atoms. The van der Waals surface area contributed by atoms with Gasteiger partial charge in [0.15, 0.2) is 5.54 Å². The molecule has 3 aromatic rings. The van der Waals surface area contributed by atoms with Crippen LogP contribution in [0.2, 0.25) is 0 Å². The molecule has 3 aromatic carbocycles. The number of para-hydroxylation sites is 1. The maximum Gasteiger partial charge on any atom is 1.00 e. The van der Waals surface area contributed by atoms with E-state index < -0.39 is 11.5 Å². The Morgan fingerprint density at radius 1 is 0.852 bits per heavy atom. The van der Waals surface area contributed by atoms with E-state index in [1.165, 1.54) is 0 Å². The fourth-order valence-corrected chi connectivity index (χ4v) is 2.99. The van der Waals surface area contributed by atoms with Crippen LogP contribution in [0.3, 0.4) is 0 Å². The van der Waals surface area contributed by atoms with Gasteiger partial charge in [0, 0.05) is 13.1 Å². The number of nitrogens with one attached hydrogen (secondary N) is 1. The molecule has 0 bridgehead atoms. The zero-order valence-corrected chi connectivity index (χ0v) is 17.5. The molecule has 134 valence electrons. The third kappa shape index (κ3) is 4.86. The zero-order chi connectivity index (χ0) is 18.2. The van der Waals surface area contributed by atoms with Crippen molar-refractivity contribution in [3.8, 4) is 5.75 Å². The van der Waals surface area contributed by atoms with E-state index >= 15 is 0 Å². The van der Waals surface area contributed by atoms with Gasteiger partial charge in [-0.25, -0.2) is 4.79 Å². The van der Waals surface area contributed by atoms with E-state index in [0.717, 1.165) is 11.1 Å². The van der Waals surface area contributed by atoms with Crippen molar-refractivity contribution in [2.24, 2.45) is 5.73 Å². The minimum Gasteiger partial charge on any atom is -1.00 e. The van der Waals surface area contributed by atoms with Crippen molar-refractivity contribution in [3.05, 3.63) is 102 Å². The Hall–Kier alpha value is -1.95. The predicted molar refractivity (Wildman–Crippen MR) is 104 cm³/mol. The summed E-state index contributed by atoms with van der Waals surface area (Å²) >= 11 is 0. The smallest absolute Gasteiger partial charge is 1.00 e. The number of esters is 1. The minimum atomic E-state index is -1.14. The molecule has 0 saturated carbocycles. The second-order valence-corrected chi connectivity index (χ2v) is 5.90. The molecule has 0 radical (unpaired) electrons. The van der Waals surface area contributed by atoms with E-state index in [1.54, 1.807) is 12.1 Å². The van der Waals surface area contributed by atoms with Crippen LogP contribution in [0, 0.1) is 0 Å². The van der Waals surface area contributed by atoms with Crippen LogP contribution in [0.1, 0.15) is 12.6 Å². The van der Waals surface area contributed by atoms with Crippen molar-refractivity contribution in [1.82, 2.24) is 5.32 Å². The second kappa shape index (κ2) is 10.4. The van der Waals surface area contributed by atoms with Crippen molar-refractivity contribution >= 4 is 5.97 Å². The van der Waals surface area contributed by atoms with Crippen LogP contribution in [-0.2, 0) is 10.3 Å². The van der Waals surface area contributed by atoms with Crippen molar-refractivity contribution in [1.29, 1.82) is 0 Å². The van der Waals surface area contributed by atoms with Crippen LogP contribution in [0.15, 0.2) is 91.0 Å². The molecule has 3 N–H and O–H groups in total. The quantitative estimate of drug-likeness (QED) is 0.354. The molecule has 27 heavy (non-hydrogen) atoms. The topological polar surface area (TPSA) is 64.3 Å². The predicted octanol–water partition coefficient (Wildman–Crippen LogP) is 0.201. The van der Waals surface area contributed by atoms with Crippen LogP contribution in [0.25, 0.3) is 0 Å². The van der Waals surface area contributed by atoms with Crippen LogP contribution in [0.4, 0.5) is 0 Å². The van der Waals surface area contributed by atoms with Crippen molar-refractivity contribution in [3.63, 3.8) is 0 Å². The van der Waals surface area contributed by atoms with Gasteiger partial charge in [0.2, 0.25) is 0 Å². The molecular formula is C22H23N2NaO2. The molecule has 0 aliphatic heterocycles. The summed E-state index contributed by atoms with van der Waals surface area (Å²) in [6.07, 6.45) is 0. The number of benzene rings is 3. The van der Waals surface area contributed by atoms with Crippen LogP contribution in [-0.4, -0.2) is 19.1 Å². The summed E-state index contributed by atoms with van der Waals surface area (Å²) in [7, 11) is 0. The fourth-order valence-electron chi connectivity index (χ4n) is 2.99. The molecule has 0 fully saturated rings. The van der Waals surface area contributed by atoms with Crippen molar-refractivity contribution < 1.29 is 40.5 Å². The van der Waals surface area contributed by atoms with Gasteiger partial charge in [0.05, 0.1) is 0 Å². The number of carbonyl (C=O) groups excluding carboxylic acids is 1. The van der Waals surface area contributed by atoms with Crippen LogP contribution >= 0.6 is 0 Å². The maximum atomic E-state index is 13.4. The minimum absolute atomic E-state index is 0. The monoisotopic (exact) mass is 370 g/mol. The number of ether oxygens (including phenoxy) is 1. The van der Waals surface area contributed by atoms with Gasteiger partial charge in [0.1, 0.15) is 5.75 Å². The van der Waals surface area contributed by atoms with Gasteiger partial charge in [-0.15, -0.1) is 0 Å². The Morgan fingerprint density at radius 3 is 1.74 bits per heavy atom. The molecule has 0 aromatic heterocycles. The van der Waals surface area contributed by atoms with E-state index in [4.69, 9.17) is 10.5 Å². The Balaban J connectivity index is 0.00000196. The first-order chi connectivity index (χ1) is 12.8. The van der Waals surface area contributed by atoms with Gasteiger partial charge < -0.3 is 11.9 Å². The number of hydrogen-bond acceptors (Lipinski definition) is 4. The average molecular weight is 370 g/mol. The standard InChI is InChI=1S/C22H22N2O2.Na.H/c23-16-17-24-22(18-10-4-1-5-11-18,19-12-6-2-7-13-19)21(25)26-20-14-8-3-9-15-20;;/h1-15,24H,16-17,23H2;;/q;+1;-1. The first-order valence-electron chi connectivity index (χ1n) is 8.61. The third-order valence-electron chi connectivity index (χ3n) is 4.21. The molecule has 0 aliphatic carbocycles. The molecular weight excluding hydrogens is 347 g/mol. The molecule has 0 unspecified atom stereocenters. The van der Waals surface area contributed by atoms with Gasteiger partial charge in [0.25, 0.3) is 0 Å². The number of nitrogens with two attached hydrogens (primary N) is 1. The summed E-state index contributed by atoms with van der Waals surface area (Å²) in [6.45, 7) is 0.869. The molecule has 0 saturated heterocycles. The van der Waals surface area contributed by atoms with Gasteiger partial charge in [-0.1, -0.05) is 78.9 Å². The van der Waals surface area contributed by atoms with E-state index in [9.17, 15) is 4.79 Å². The fraction of sp³-hybridized carbons (Fsp3) is 0.136. The molecule has 4 nitrogen and oxygen atoms in total. The van der Waals surface area contributed by atoms with Crippen molar-refractivity contribution in [2.45, 2.75) is 5.54 Å². The van der Waals surface area contributed by atoms with E-state index in [-0.39, 0.29) is 31.0 Å². The van der Waals surface area contributed by atoms with Crippen LogP contribution < -0.4 is 45.3 Å². The summed E-state index contributed by atoms with van der Waals surface area (Å²) in [5.74, 6) is 0.109. The Kier molecular flexibility index (Phi) is 8.23. The van der Waals surface area contributed by atoms with Gasteiger partial charge in [-0.2, -0.15) is 0 Å². The zero-order valence-electron chi connectivity index (χ0n) is 16.5. The average Bonchev–Trinajstić information content (AvgIpc) is 2.71. The molecule has 0 heterocycles. The largest absolute Gasteiger partial charge is 1.00 e. The third-order valence-corrected chi connectivity index (χ3v) is 4.21. The van der Waals surface area contributed by atoms with Crippen molar-refractivity contribution in [2.75, 3.05) is 13.1 Å². The van der Waals surface area contributed by atoms with E-state index in [0.29, 0.717) is 18.8 Å². The van der Waals surface area contributed by atoms with Crippen LogP contribution in [0.5, 0.6) is 5.75 Å². The summed E-state index contributed by atoms with van der Waals surface area (Å²) in [4.78, 5) is 13.4. The molecule has 0 atom stereocenters. The van der Waals surface area contributed by atoms with Gasteiger partial charge >= 0.3 is 35.5 Å². The first-order valence-corrected chi connectivity index (χ1v) is 8.61. The Labute approximate surface area is 183 Å². The second-order valence-electron chi connectivity index (χ2n) is 5.90. The molecule has 5 heteroatoms. The SMILES string of the molecule is NCCNC(C(=O)Oc1ccccc1)(c1ccccc1)c1ccccc1.[H-].[Na+]. The summed E-state index contributed by atoms with van der Waals surface area (Å²) in [5.41, 5.74) is 6.20. The number of hydrogen-bond donors (Lipinski definition) is 2. The normalized spacial score (nSPS) is 10.7. The summed E-state index contributed by atoms with van der Waals surface area (Å²) < 4.78 is 5.74. The Morgan fingerprint density at radius 2 is 1.30 bits per heavy atom. The molecule has 0 aliphatic rings. The first kappa shape index (κ1) is 21.4. The summed E-state index contributed by atoms with van der Waals surface area (Å²) in [5, 5.41) is 3.34. The Bertz CT molecular complexity index is 793. The maximum absolute atomic E-state index is 13.4. The van der Waals surface area contributed by atoms with E-state index in [1.807, 2.05) is 78.9 Å². The van der Waals surface area contributed by atoms with E-state index in [2.05, 4.69) is 5.32 Å². The molecule has 0 amide bonds. The number of carbonyl (C=O) groups is 1. The number of rotatable bonds is 7. The summed E-state index contributed by atoms with van der Waals surface area (Å²) in [6, 6.07) is 28.2. The molecule has 3 rings (SSSR count). The van der Waals surface area contributed by atoms with Gasteiger partial charge in [-0.05, 0) is 23.3 Å². The van der Waals surface area contributed by atoms with Gasteiger partial charge in [-0.3, -0.25) is 5.32 Å².